The second-order valence-corrected chi connectivity index (χ2v) is 3.22. The molecule has 80 valence electrons. The topological polar surface area (TPSA) is 78.2 Å². The van der Waals surface area contributed by atoms with Crippen molar-refractivity contribution in [2.24, 2.45) is 0 Å². The molecule has 1 aromatic carbocycles. The SMILES string of the molecule is Cc1cc(C#N)c(C=O)c(/C=C/C(=O)O)c1. The molecule has 0 saturated heterocycles. The summed E-state index contributed by atoms with van der Waals surface area (Å²) in [5.41, 5.74) is 1.70. The number of aryl methyl sites for hydroxylation is 1. The second-order valence-electron chi connectivity index (χ2n) is 3.22. The first-order chi connectivity index (χ1) is 7.58. The van der Waals surface area contributed by atoms with Crippen molar-refractivity contribution >= 4 is 18.3 Å². The average Bonchev–Trinajstić information content (AvgIpc) is 2.25. The molecule has 1 aromatic rings. The molecule has 0 atom stereocenters. The highest BCUT2D eigenvalue weighted by Crippen LogP contribution is 2.16. The Balaban J connectivity index is 3.38. The number of nitrogens with zero attached hydrogens (tertiary/aromatic N) is 1. The molecular formula is C12H9NO3. The van der Waals surface area contributed by atoms with Gasteiger partial charge in [0.05, 0.1) is 11.6 Å². The third-order valence-corrected chi connectivity index (χ3v) is 2.00. The number of hydrogen-bond acceptors (Lipinski definition) is 3. The number of carboxylic acids is 1. The lowest BCUT2D eigenvalue weighted by atomic mass is 9.99. The number of carbonyl (C=O) groups is 2. The molecular weight excluding hydrogens is 206 g/mol. The summed E-state index contributed by atoms with van der Waals surface area (Å²) in [7, 11) is 0. The molecule has 0 spiro atoms. The second kappa shape index (κ2) is 4.89. The Hall–Kier alpha value is -2.41. The van der Waals surface area contributed by atoms with Gasteiger partial charge in [-0.25, -0.2) is 4.79 Å². The van der Waals surface area contributed by atoms with E-state index in [0.29, 0.717) is 11.8 Å². The molecule has 0 unspecified atom stereocenters. The molecule has 0 aliphatic carbocycles. The van der Waals surface area contributed by atoms with E-state index >= 15 is 0 Å². The van der Waals surface area contributed by atoms with E-state index in [-0.39, 0.29) is 11.1 Å². The van der Waals surface area contributed by atoms with Gasteiger partial charge in [0.25, 0.3) is 0 Å². The molecule has 16 heavy (non-hydrogen) atoms. The van der Waals surface area contributed by atoms with Crippen LogP contribution in [0.15, 0.2) is 18.2 Å². The van der Waals surface area contributed by atoms with Crippen LogP contribution in [0.4, 0.5) is 0 Å². The fraction of sp³-hybridized carbons (Fsp3) is 0.0833. The predicted octanol–water partition coefficient (Wildman–Crippen LogP) is 1.78. The summed E-state index contributed by atoms with van der Waals surface area (Å²) in [6.45, 7) is 1.77. The standard InChI is InChI=1S/C12H9NO3/c1-8-4-9(2-3-12(15)16)11(7-14)10(5-8)6-13/h2-5,7H,1H3,(H,15,16)/b3-2+. The number of benzene rings is 1. The van der Waals surface area contributed by atoms with Crippen molar-refractivity contribution in [3.63, 3.8) is 0 Å². The lowest BCUT2D eigenvalue weighted by molar-refractivity contribution is -0.131. The van der Waals surface area contributed by atoms with E-state index in [1.165, 1.54) is 6.08 Å². The van der Waals surface area contributed by atoms with Crippen molar-refractivity contribution in [1.29, 1.82) is 5.26 Å². The Morgan fingerprint density at radius 1 is 1.50 bits per heavy atom. The quantitative estimate of drug-likeness (QED) is 0.615. The number of aldehydes is 1. The predicted molar refractivity (Wildman–Crippen MR) is 58.0 cm³/mol. The van der Waals surface area contributed by atoms with Crippen LogP contribution < -0.4 is 0 Å². The van der Waals surface area contributed by atoms with Gasteiger partial charge in [-0.15, -0.1) is 0 Å². The molecule has 0 fully saturated rings. The third kappa shape index (κ3) is 2.55. The fourth-order valence-electron chi connectivity index (χ4n) is 1.35. The smallest absolute Gasteiger partial charge is 0.328 e. The van der Waals surface area contributed by atoms with E-state index < -0.39 is 5.97 Å². The average molecular weight is 215 g/mol. The van der Waals surface area contributed by atoms with Crippen molar-refractivity contribution < 1.29 is 14.7 Å². The molecule has 1 rings (SSSR count). The van der Waals surface area contributed by atoms with Gasteiger partial charge in [-0.2, -0.15) is 5.26 Å². The molecule has 1 N–H and O–H groups in total. The summed E-state index contributed by atoms with van der Waals surface area (Å²) in [4.78, 5) is 21.2. The Labute approximate surface area is 92.4 Å². The largest absolute Gasteiger partial charge is 0.478 e. The summed E-state index contributed by atoms with van der Waals surface area (Å²) < 4.78 is 0. The molecule has 0 radical (unpaired) electrons. The number of hydrogen-bond donors (Lipinski definition) is 1. The number of nitriles is 1. The van der Waals surface area contributed by atoms with Gasteiger partial charge in [0.2, 0.25) is 0 Å². The molecule has 0 heterocycles. The monoisotopic (exact) mass is 215 g/mol. The van der Waals surface area contributed by atoms with Crippen molar-refractivity contribution in [2.75, 3.05) is 0 Å². The highest BCUT2D eigenvalue weighted by Gasteiger charge is 2.06. The number of aliphatic carboxylic acids is 1. The van der Waals surface area contributed by atoms with Gasteiger partial charge in [-0.1, -0.05) is 6.07 Å². The van der Waals surface area contributed by atoms with Gasteiger partial charge in [-0.3, -0.25) is 4.79 Å². The van der Waals surface area contributed by atoms with Crippen LogP contribution in [0.2, 0.25) is 0 Å². The van der Waals surface area contributed by atoms with Crippen LogP contribution in [0.3, 0.4) is 0 Å². The van der Waals surface area contributed by atoms with Crippen molar-refractivity contribution in [1.82, 2.24) is 0 Å². The van der Waals surface area contributed by atoms with Crippen LogP contribution in [-0.2, 0) is 4.79 Å². The highest BCUT2D eigenvalue weighted by molar-refractivity contribution is 5.90. The first-order valence-electron chi connectivity index (χ1n) is 4.49. The maximum Gasteiger partial charge on any atom is 0.328 e. The molecule has 4 heteroatoms. The van der Waals surface area contributed by atoms with Crippen molar-refractivity contribution in [3.8, 4) is 6.07 Å². The Bertz CT molecular complexity index is 510. The van der Waals surface area contributed by atoms with Crippen LogP contribution in [-0.4, -0.2) is 17.4 Å². The van der Waals surface area contributed by atoms with Crippen molar-refractivity contribution in [2.45, 2.75) is 6.92 Å². The summed E-state index contributed by atoms with van der Waals surface area (Å²) in [5, 5.41) is 17.3. The minimum absolute atomic E-state index is 0.214. The summed E-state index contributed by atoms with van der Waals surface area (Å²) in [5.74, 6) is -1.10. The minimum Gasteiger partial charge on any atom is -0.478 e. The lowest BCUT2D eigenvalue weighted by Crippen LogP contribution is -1.95. The van der Waals surface area contributed by atoms with E-state index in [2.05, 4.69) is 0 Å². The van der Waals surface area contributed by atoms with E-state index in [1.54, 1.807) is 19.1 Å². The van der Waals surface area contributed by atoms with Crippen LogP contribution in [0, 0.1) is 18.3 Å². The van der Waals surface area contributed by atoms with E-state index in [9.17, 15) is 9.59 Å². The number of carboxylic acid groups (broad SMARTS) is 1. The fourth-order valence-corrected chi connectivity index (χ4v) is 1.35. The zero-order valence-corrected chi connectivity index (χ0v) is 8.60. The first-order valence-corrected chi connectivity index (χ1v) is 4.49. The van der Waals surface area contributed by atoms with Crippen LogP contribution >= 0.6 is 0 Å². The summed E-state index contributed by atoms with van der Waals surface area (Å²) in [6, 6.07) is 5.14. The van der Waals surface area contributed by atoms with Gasteiger partial charge in [0, 0.05) is 11.6 Å². The van der Waals surface area contributed by atoms with E-state index in [1.807, 2.05) is 6.07 Å². The van der Waals surface area contributed by atoms with Gasteiger partial charge < -0.3 is 5.11 Å². The maximum absolute atomic E-state index is 10.8. The molecule has 0 aliphatic heterocycles. The van der Waals surface area contributed by atoms with Crippen molar-refractivity contribution in [3.05, 3.63) is 40.5 Å². The van der Waals surface area contributed by atoms with Gasteiger partial charge in [0.1, 0.15) is 0 Å². The van der Waals surface area contributed by atoms with Gasteiger partial charge in [-0.05, 0) is 30.2 Å². The molecule has 0 bridgehead atoms. The summed E-state index contributed by atoms with van der Waals surface area (Å²) >= 11 is 0. The number of rotatable bonds is 3. The Kier molecular flexibility index (Phi) is 3.57. The molecule has 0 amide bonds. The van der Waals surface area contributed by atoms with E-state index in [0.717, 1.165) is 11.6 Å². The minimum atomic E-state index is -1.10. The maximum atomic E-state index is 10.8. The van der Waals surface area contributed by atoms with E-state index in [4.69, 9.17) is 10.4 Å². The molecule has 4 nitrogen and oxygen atoms in total. The first kappa shape index (κ1) is 11.7. The molecule has 0 saturated carbocycles. The molecule has 0 aromatic heterocycles. The highest BCUT2D eigenvalue weighted by atomic mass is 16.4. The Morgan fingerprint density at radius 3 is 2.69 bits per heavy atom. The zero-order chi connectivity index (χ0) is 12.1. The Morgan fingerprint density at radius 2 is 2.19 bits per heavy atom. The zero-order valence-electron chi connectivity index (χ0n) is 8.60. The third-order valence-electron chi connectivity index (χ3n) is 2.00. The van der Waals surface area contributed by atoms with Gasteiger partial charge >= 0.3 is 5.97 Å². The summed E-state index contributed by atoms with van der Waals surface area (Å²) in [6.07, 6.45) is 2.79. The normalized spacial score (nSPS) is 10.0. The van der Waals surface area contributed by atoms with Crippen LogP contribution in [0.5, 0.6) is 0 Å². The van der Waals surface area contributed by atoms with Crippen LogP contribution in [0.1, 0.15) is 27.0 Å². The number of carbonyl (C=O) groups excluding carboxylic acids is 1. The van der Waals surface area contributed by atoms with Gasteiger partial charge in [0.15, 0.2) is 6.29 Å². The lowest BCUT2D eigenvalue weighted by Gasteiger charge is -2.03. The molecule has 0 aliphatic rings. The van der Waals surface area contributed by atoms with Crippen LogP contribution in [0.25, 0.3) is 6.08 Å².